The third-order valence-corrected chi connectivity index (χ3v) is 7.84. The number of rotatable bonds is 20. The van der Waals surface area contributed by atoms with Gasteiger partial charge in [0.2, 0.25) is 0 Å². The first-order valence-corrected chi connectivity index (χ1v) is 22.4. The summed E-state index contributed by atoms with van der Waals surface area (Å²) in [5.41, 5.74) is -1.24. The summed E-state index contributed by atoms with van der Waals surface area (Å²) >= 11 is 0. The maximum atomic E-state index is 10.6. The van der Waals surface area contributed by atoms with Gasteiger partial charge in [0.05, 0.1) is 36.3 Å². The molecule has 11 N–H and O–H groups in total. The summed E-state index contributed by atoms with van der Waals surface area (Å²) in [5.74, 6) is -16.8. The number of Topliss-reactive ketones (excluding diaryl/α,β-unsaturated/α-hetero) is 4. The quantitative estimate of drug-likeness (QED) is 0.0711. The van der Waals surface area contributed by atoms with Crippen LogP contribution in [0, 0.1) is 18.8 Å². The third kappa shape index (κ3) is 80.6. The number of aliphatic carboxylic acids is 8. The van der Waals surface area contributed by atoms with Gasteiger partial charge < -0.3 is 61.0 Å². The maximum Gasteiger partial charge on any atom is 0.373 e. The molecule has 0 fully saturated rings. The van der Waals surface area contributed by atoms with Crippen molar-refractivity contribution >= 4 is 108 Å². The van der Waals surface area contributed by atoms with E-state index in [9.17, 15) is 67.4 Å². The first-order chi connectivity index (χ1) is 40.3. The summed E-state index contributed by atoms with van der Waals surface area (Å²) in [5, 5.41) is 93.4. The van der Waals surface area contributed by atoms with E-state index in [4.69, 9.17) is 99.0 Å². The molecule has 482 valence electrons. The molecule has 0 heterocycles. The van der Waals surface area contributed by atoms with Crippen LogP contribution >= 0.6 is 0 Å². The van der Waals surface area contributed by atoms with Gasteiger partial charge in [0.1, 0.15) is 29.4 Å². The zero-order valence-corrected chi connectivity index (χ0v) is 46.1. The van der Waals surface area contributed by atoms with Crippen molar-refractivity contribution in [2.75, 3.05) is 0 Å². The molecule has 0 saturated carbocycles. The second-order valence-corrected chi connectivity index (χ2v) is 15.0. The standard InChI is InChI=1S/2C7H10O6.C7H10O5.C7H8O5.C7H6O2.C7H8.C6H6.5CO2.CH4/c1-4(8)2-7(13,6(11)12)3-5(9)10;1-3(8)6(11)4(7(12)13)2-5(9)10;2*1-4(8)2-5(7(11)12)3-6(9)10;8-7(9)6-4-2-1-3-5-6;1-7-5-3-2-4-6-7;1-2-4-6-5-3-1;5*2-1-3;/h13H,2-3H2,1H3,(H,9,10)(H,11,12);4,6,11H,2H2,1H3,(H,9,10)(H,12,13);5H,2-3H2,1H3,(H,9,10)(H,11,12);3H,2H2,1H3,(H,9,10)(H,11,12);1-5H,(H,8,9);2-6H,1H3;1-6H;;;;;;1H4/b;;;5-3-;;;;;;;;;. The topological polar surface area (TPSA) is 615 Å². The van der Waals surface area contributed by atoms with Crippen LogP contribution in [0.2, 0.25) is 0 Å². The Morgan fingerprint density at radius 2 is 0.807 bits per heavy atom. The summed E-state index contributed by atoms with van der Waals surface area (Å²) < 4.78 is 0. The normalized spacial score (nSPS) is 10.1. The molecule has 88 heavy (non-hydrogen) atoms. The Labute approximate surface area is 497 Å². The molecule has 0 aliphatic heterocycles. The molecule has 0 aliphatic carbocycles. The second-order valence-electron chi connectivity index (χ2n) is 15.0. The van der Waals surface area contributed by atoms with Crippen LogP contribution in [0.3, 0.4) is 0 Å². The highest BCUT2D eigenvalue weighted by Crippen LogP contribution is 2.16. The SMILES string of the molecule is C.CC(=O)C(O)C(CC(=O)O)C(=O)O.CC(=O)C/C(=C/C(=O)O)C(=O)O.CC(=O)CC(CC(=O)O)C(=O)O.CC(=O)CC(O)(CC(=O)O)C(=O)O.Cc1ccccc1.O=C(O)c1ccccc1.O=C=O.O=C=O.O=C=O.O=C=O.O=C=O.c1ccccc1. The lowest BCUT2D eigenvalue weighted by Crippen LogP contribution is -2.42. The number of aromatic carboxylic acids is 1. The van der Waals surface area contributed by atoms with Gasteiger partial charge in [0.15, 0.2) is 11.4 Å². The lowest BCUT2D eigenvalue weighted by Gasteiger charge is -2.19. The van der Waals surface area contributed by atoms with Gasteiger partial charge in [0.25, 0.3) is 0 Å². The minimum atomic E-state index is -2.49. The summed E-state index contributed by atoms with van der Waals surface area (Å²) in [4.78, 5) is 215. The minimum Gasteiger partial charge on any atom is -0.481 e. The van der Waals surface area contributed by atoms with Crippen LogP contribution in [0.4, 0.5) is 0 Å². The van der Waals surface area contributed by atoms with Gasteiger partial charge in [-0.3, -0.25) is 38.4 Å². The van der Waals surface area contributed by atoms with Crippen LogP contribution in [0.25, 0.3) is 0 Å². The van der Waals surface area contributed by atoms with E-state index in [1.165, 1.54) is 19.4 Å². The van der Waals surface area contributed by atoms with Gasteiger partial charge in [0, 0.05) is 25.3 Å². The number of carbonyl (C=O) groups is 13. The molecule has 4 atom stereocenters. The molecule has 0 spiro atoms. The van der Waals surface area contributed by atoms with Gasteiger partial charge in [-0.25, -0.2) is 19.2 Å². The maximum absolute atomic E-state index is 10.6. The number of aliphatic hydroxyl groups is 2. The Morgan fingerprint density at radius 1 is 0.466 bits per heavy atom. The highest BCUT2D eigenvalue weighted by Gasteiger charge is 2.39. The van der Waals surface area contributed by atoms with E-state index in [1.54, 1.807) is 30.3 Å². The smallest absolute Gasteiger partial charge is 0.373 e. The number of hydrogen-bond donors (Lipinski definition) is 11. The van der Waals surface area contributed by atoms with Crippen LogP contribution < -0.4 is 0 Å². The zero-order chi connectivity index (χ0) is 70.3. The van der Waals surface area contributed by atoms with Crippen molar-refractivity contribution in [3.05, 3.63) is 120 Å². The molecule has 3 aromatic carbocycles. The van der Waals surface area contributed by atoms with Crippen molar-refractivity contribution in [2.45, 2.75) is 92.3 Å². The highest BCUT2D eigenvalue weighted by molar-refractivity contribution is 5.99. The zero-order valence-electron chi connectivity index (χ0n) is 46.1. The molecule has 3 rings (SSSR count). The first kappa shape index (κ1) is 98.3. The minimum absolute atomic E-state index is 0. The van der Waals surface area contributed by atoms with E-state index in [0.717, 1.165) is 13.8 Å². The van der Waals surface area contributed by atoms with Crippen molar-refractivity contribution in [3.63, 3.8) is 0 Å². The molecule has 0 bridgehead atoms. The summed E-state index contributed by atoms with van der Waals surface area (Å²) in [6.07, 6.45) is -3.53. The van der Waals surface area contributed by atoms with Gasteiger partial charge in [-0.05, 0) is 46.8 Å². The van der Waals surface area contributed by atoms with Crippen LogP contribution in [0.1, 0.15) is 89.6 Å². The number of aryl methyl sites for hydroxylation is 1. The molecule has 3 aromatic rings. The van der Waals surface area contributed by atoms with Crippen LogP contribution in [-0.2, 0) is 105 Å². The number of carboxylic acids is 9. The number of carboxylic acid groups (broad SMARTS) is 9. The molecular formula is C54H62O34. The summed E-state index contributed by atoms with van der Waals surface area (Å²) in [6.45, 7) is 6.59. The van der Waals surface area contributed by atoms with Crippen molar-refractivity contribution in [2.24, 2.45) is 11.8 Å². The molecule has 0 amide bonds. The monoisotopic (exact) mass is 1250 g/mol. The predicted molar refractivity (Wildman–Crippen MR) is 280 cm³/mol. The van der Waals surface area contributed by atoms with E-state index >= 15 is 0 Å². The van der Waals surface area contributed by atoms with Gasteiger partial charge in [-0.1, -0.05) is 97.9 Å². The molecule has 34 heteroatoms. The van der Waals surface area contributed by atoms with Crippen LogP contribution in [0.5, 0.6) is 0 Å². The van der Waals surface area contributed by atoms with Gasteiger partial charge in [-0.15, -0.1) is 0 Å². The Kier molecular flexibility index (Phi) is 73.6. The number of carbonyl (C=O) groups excluding carboxylic acids is 14. The Hall–Kier alpha value is -11.9. The number of ketones is 4. The largest absolute Gasteiger partial charge is 0.481 e. The fourth-order valence-corrected chi connectivity index (χ4v) is 4.59. The predicted octanol–water partition coefficient (Wildman–Crippen LogP) is 1.35. The number of benzene rings is 3. The Balaban J connectivity index is -0.0000000976. The van der Waals surface area contributed by atoms with E-state index in [2.05, 4.69) is 19.1 Å². The van der Waals surface area contributed by atoms with Crippen LogP contribution in [-0.4, -0.2) is 175 Å². The van der Waals surface area contributed by atoms with E-state index in [0.29, 0.717) is 11.6 Å². The summed E-state index contributed by atoms with van der Waals surface area (Å²) in [7, 11) is 0. The molecule has 0 aliphatic rings. The second kappa shape index (κ2) is 65.9. The van der Waals surface area contributed by atoms with E-state index in [1.807, 2.05) is 54.6 Å². The third-order valence-electron chi connectivity index (χ3n) is 7.84. The first-order valence-electron chi connectivity index (χ1n) is 22.4. The Morgan fingerprint density at radius 3 is 1.00 bits per heavy atom. The fourth-order valence-electron chi connectivity index (χ4n) is 4.59. The molecule has 0 saturated heterocycles. The van der Waals surface area contributed by atoms with Crippen molar-refractivity contribution in [1.82, 2.24) is 0 Å². The van der Waals surface area contributed by atoms with E-state index in [-0.39, 0.29) is 62.6 Å². The molecule has 0 radical (unpaired) electrons. The van der Waals surface area contributed by atoms with Crippen molar-refractivity contribution in [3.8, 4) is 0 Å². The average molecular weight is 1260 g/mol. The average Bonchev–Trinajstić information content (AvgIpc) is 3.39. The van der Waals surface area contributed by atoms with Gasteiger partial charge >= 0.3 is 84.5 Å². The van der Waals surface area contributed by atoms with Crippen molar-refractivity contribution in [1.29, 1.82) is 0 Å². The lowest BCUT2D eigenvalue weighted by atomic mass is 9.94. The number of aliphatic hydroxyl groups excluding tert-OH is 1. The number of hydrogen-bond acceptors (Lipinski definition) is 25. The Bertz CT molecular complexity index is 2640. The molecular weight excluding hydrogens is 1190 g/mol. The van der Waals surface area contributed by atoms with Crippen LogP contribution in [0.15, 0.2) is 109 Å². The molecule has 34 nitrogen and oxygen atoms in total. The van der Waals surface area contributed by atoms with Gasteiger partial charge in [-0.2, -0.15) is 47.9 Å². The molecule has 4 unspecified atom stereocenters. The van der Waals surface area contributed by atoms with E-state index < -0.39 is 120 Å². The summed E-state index contributed by atoms with van der Waals surface area (Å²) in [6, 6.07) is 30.6. The highest BCUT2D eigenvalue weighted by atomic mass is 16.4. The fraction of sp³-hybridized carbons (Fsp3) is 0.296. The molecule has 0 aromatic heterocycles. The van der Waals surface area contributed by atoms with Crippen molar-refractivity contribution < 1.29 is 166 Å². The lowest BCUT2D eigenvalue weighted by molar-refractivity contribution is -0.193.